The molecule has 26 heavy (non-hydrogen) atoms. The molecule has 6 heteroatoms. The molecule has 1 aromatic heterocycles. The molecular weight excluding hydrogens is 328 g/mol. The monoisotopic (exact) mass is 362 g/mol. The molecule has 0 amide bonds. The first-order valence-corrected chi connectivity index (χ1v) is 9.71. The van der Waals surface area contributed by atoms with Gasteiger partial charge in [-0.25, -0.2) is 0 Å². The lowest BCUT2D eigenvalue weighted by atomic mass is 10.1. The highest BCUT2D eigenvalue weighted by Gasteiger charge is 2.12. The number of hydrogen-bond donors (Lipinski definition) is 2. The van der Waals surface area contributed by atoms with Gasteiger partial charge >= 0.3 is 0 Å². The van der Waals surface area contributed by atoms with Crippen LogP contribution in [0.5, 0.6) is 5.75 Å². The lowest BCUT2D eigenvalue weighted by Gasteiger charge is -2.17. The largest absolute Gasteiger partial charge is 0.496 e. The second kappa shape index (κ2) is 11.0. The van der Waals surface area contributed by atoms with Gasteiger partial charge in [0.25, 0.3) is 0 Å². The van der Waals surface area contributed by atoms with E-state index in [2.05, 4.69) is 20.6 Å². The molecule has 1 aliphatic rings. The number of aryl methyl sites for hydroxylation is 1. The van der Waals surface area contributed by atoms with Gasteiger partial charge in [-0.15, -0.1) is 0 Å². The van der Waals surface area contributed by atoms with Crippen molar-refractivity contribution >= 4 is 5.96 Å². The molecular formula is C20H34N4O2. The van der Waals surface area contributed by atoms with Crippen LogP contribution in [0.2, 0.25) is 0 Å². The summed E-state index contributed by atoms with van der Waals surface area (Å²) in [5.74, 6) is 1.66. The predicted octanol–water partition coefficient (Wildman–Crippen LogP) is 3.11. The Morgan fingerprint density at radius 1 is 1.19 bits per heavy atom. The van der Waals surface area contributed by atoms with Gasteiger partial charge in [-0.3, -0.25) is 9.98 Å². The van der Waals surface area contributed by atoms with Crippen molar-refractivity contribution in [3.63, 3.8) is 0 Å². The van der Waals surface area contributed by atoms with Crippen molar-refractivity contribution in [1.29, 1.82) is 0 Å². The Hall–Kier alpha value is -1.82. The van der Waals surface area contributed by atoms with Crippen LogP contribution in [0.15, 0.2) is 11.2 Å². The lowest BCUT2D eigenvalue weighted by Crippen LogP contribution is -2.39. The van der Waals surface area contributed by atoms with Crippen LogP contribution in [0, 0.1) is 13.8 Å². The molecule has 1 aromatic rings. The zero-order valence-electron chi connectivity index (χ0n) is 16.7. The number of nitrogens with zero attached hydrogens (tertiary/aromatic N) is 2. The first-order chi connectivity index (χ1) is 12.7. The summed E-state index contributed by atoms with van der Waals surface area (Å²) >= 11 is 0. The third-order valence-electron chi connectivity index (χ3n) is 4.95. The maximum atomic E-state index is 6.01. The van der Waals surface area contributed by atoms with Crippen LogP contribution in [0.1, 0.15) is 55.3 Å². The van der Waals surface area contributed by atoms with E-state index in [-0.39, 0.29) is 0 Å². The number of aliphatic imine (C=N–C) groups is 1. The minimum absolute atomic E-state index is 0.432. The van der Waals surface area contributed by atoms with Crippen molar-refractivity contribution in [1.82, 2.24) is 15.6 Å². The summed E-state index contributed by atoms with van der Waals surface area (Å²) in [6.45, 7) is 6.10. The summed E-state index contributed by atoms with van der Waals surface area (Å²) in [6, 6.07) is 0. The lowest BCUT2D eigenvalue weighted by molar-refractivity contribution is 0.0468. The first kappa shape index (κ1) is 20.5. The summed E-state index contributed by atoms with van der Waals surface area (Å²) < 4.78 is 11.5. The summed E-state index contributed by atoms with van der Waals surface area (Å²) in [5.41, 5.74) is 3.07. The van der Waals surface area contributed by atoms with Crippen molar-refractivity contribution in [2.75, 3.05) is 27.3 Å². The van der Waals surface area contributed by atoms with E-state index < -0.39 is 0 Å². The Labute approximate surface area is 157 Å². The molecule has 2 rings (SSSR count). The molecule has 2 N–H and O–H groups in total. The van der Waals surface area contributed by atoms with E-state index in [0.29, 0.717) is 19.3 Å². The maximum absolute atomic E-state index is 6.01. The highest BCUT2D eigenvalue weighted by Crippen LogP contribution is 2.23. The molecule has 0 spiro atoms. The second-order valence-electron chi connectivity index (χ2n) is 6.88. The Bertz CT molecular complexity index is 581. The number of hydrogen-bond acceptors (Lipinski definition) is 4. The molecule has 0 aliphatic heterocycles. The molecule has 6 nitrogen and oxygen atoms in total. The SMILES string of the molecule is CN=C(NCCOC1CCCCCC1)NCc1ncc(C)c(OC)c1C. The molecule has 1 fully saturated rings. The van der Waals surface area contributed by atoms with Gasteiger partial charge < -0.3 is 20.1 Å². The van der Waals surface area contributed by atoms with Crippen molar-refractivity contribution < 1.29 is 9.47 Å². The third-order valence-corrected chi connectivity index (χ3v) is 4.95. The van der Waals surface area contributed by atoms with Gasteiger partial charge in [0.15, 0.2) is 5.96 Å². The third kappa shape index (κ3) is 6.16. The number of guanidine groups is 1. The van der Waals surface area contributed by atoms with E-state index in [0.717, 1.165) is 35.1 Å². The molecule has 0 saturated heterocycles. The molecule has 0 bridgehead atoms. The fourth-order valence-electron chi connectivity index (χ4n) is 3.44. The van der Waals surface area contributed by atoms with Crippen LogP contribution in [0.3, 0.4) is 0 Å². The van der Waals surface area contributed by atoms with E-state index in [9.17, 15) is 0 Å². The molecule has 0 atom stereocenters. The number of methoxy groups -OCH3 is 1. The number of rotatable bonds is 7. The number of nitrogens with one attached hydrogen (secondary N) is 2. The zero-order chi connectivity index (χ0) is 18.8. The first-order valence-electron chi connectivity index (χ1n) is 9.71. The van der Waals surface area contributed by atoms with Gasteiger partial charge in [0.2, 0.25) is 0 Å². The highest BCUT2D eigenvalue weighted by molar-refractivity contribution is 5.79. The molecule has 0 aromatic carbocycles. The van der Waals surface area contributed by atoms with Gasteiger partial charge in [-0.1, -0.05) is 25.7 Å². The number of ether oxygens (including phenoxy) is 2. The normalized spacial score (nSPS) is 16.2. The molecule has 1 aliphatic carbocycles. The smallest absolute Gasteiger partial charge is 0.191 e. The fourth-order valence-corrected chi connectivity index (χ4v) is 3.44. The van der Waals surface area contributed by atoms with E-state index in [1.165, 1.54) is 38.5 Å². The van der Waals surface area contributed by atoms with Crippen molar-refractivity contribution in [2.45, 2.75) is 65.0 Å². The van der Waals surface area contributed by atoms with Crippen LogP contribution in [-0.4, -0.2) is 44.4 Å². The van der Waals surface area contributed by atoms with Crippen LogP contribution >= 0.6 is 0 Å². The minimum Gasteiger partial charge on any atom is -0.496 e. The van der Waals surface area contributed by atoms with Gasteiger partial charge in [-0.05, 0) is 26.7 Å². The van der Waals surface area contributed by atoms with Crippen LogP contribution < -0.4 is 15.4 Å². The van der Waals surface area contributed by atoms with Crippen molar-refractivity contribution in [3.05, 3.63) is 23.0 Å². The summed E-state index contributed by atoms with van der Waals surface area (Å²) in [5, 5.41) is 6.62. The average Bonchev–Trinajstić information content (AvgIpc) is 2.92. The second-order valence-corrected chi connectivity index (χ2v) is 6.88. The fraction of sp³-hybridized carbons (Fsp3) is 0.700. The number of aromatic nitrogens is 1. The van der Waals surface area contributed by atoms with E-state index in [1.807, 2.05) is 20.0 Å². The molecule has 1 saturated carbocycles. The quantitative estimate of drug-likeness (QED) is 0.338. The molecule has 1 heterocycles. The van der Waals surface area contributed by atoms with Gasteiger partial charge in [-0.2, -0.15) is 0 Å². The Kier molecular flexibility index (Phi) is 8.68. The van der Waals surface area contributed by atoms with Crippen LogP contribution in [-0.2, 0) is 11.3 Å². The van der Waals surface area contributed by atoms with Crippen LogP contribution in [0.4, 0.5) is 0 Å². The Morgan fingerprint density at radius 2 is 1.92 bits per heavy atom. The summed E-state index contributed by atoms with van der Waals surface area (Å²) in [7, 11) is 3.47. The molecule has 0 unspecified atom stereocenters. The standard InChI is InChI=1S/C20H34N4O2/c1-15-13-23-18(16(2)19(15)25-4)14-24-20(21-3)22-11-12-26-17-9-7-5-6-8-10-17/h13,17H,5-12,14H2,1-4H3,(H2,21,22,24). The zero-order valence-corrected chi connectivity index (χ0v) is 16.7. The van der Waals surface area contributed by atoms with E-state index >= 15 is 0 Å². The van der Waals surface area contributed by atoms with Gasteiger partial charge in [0.1, 0.15) is 5.75 Å². The highest BCUT2D eigenvalue weighted by atomic mass is 16.5. The van der Waals surface area contributed by atoms with Crippen LogP contribution in [0.25, 0.3) is 0 Å². The summed E-state index contributed by atoms with van der Waals surface area (Å²) in [6.07, 6.45) is 9.99. The predicted molar refractivity (Wildman–Crippen MR) is 106 cm³/mol. The van der Waals surface area contributed by atoms with Gasteiger partial charge in [0, 0.05) is 30.9 Å². The van der Waals surface area contributed by atoms with E-state index in [1.54, 1.807) is 14.2 Å². The van der Waals surface area contributed by atoms with Crippen molar-refractivity contribution in [2.24, 2.45) is 4.99 Å². The Balaban J connectivity index is 1.74. The molecule has 0 radical (unpaired) electrons. The Morgan fingerprint density at radius 3 is 2.58 bits per heavy atom. The number of pyridine rings is 1. The molecule has 146 valence electrons. The van der Waals surface area contributed by atoms with E-state index in [4.69, 9.17) is 9.47 Å². The topological polar surface area (TPSA) is 67.8 Å². The maximum Gasteiger partial charge on any atom is 0.191 e. The van der Waals surface area contributed by atoms with Crippen molar-refractivity contribution in [3.8, 4) is 5.75 Å². The summed E-state index contributed by atoms with van der Waals surface area (Å²) in [4.78, 5) is 8.78. The van der Waals surface area contributed by atoms with Gasteiger partial charge in [0.05, 0.1) is 32.1 Å². The average molecular weight is 363 g/mol. The minimum atomic E-state index is 0.432.